The Bertz CT molecular complexity index is 311. The van der Waals surface area contributed by atoms with E-state index in [1.807, 2.05) is 38.1 Å². The number of rotatable bonds is 8. The molecule has 1 N–H and O–H groups in total. The highest BCUT2D eigenvalue weighted by atomic mass is 16.7. The third-order valence-electron chi connectivity index (χ3n) is 2.25. The number of nitrogens with one attached hydrogen (secondary N) is 1. The summed E-state index contributed by atoms with van der Waals surface area (Å²) in [4.78, 5) is 0. The molecule has 0 aliphatic carbocycles. The van der Waals surface area contributed by atoms with Crippen LogP contribution >= 0.6 is 0 Å². The van der Waals surface area contributed by atoms with E-state index in [1.54, 1.807) is 7.11 Å². The van der Waals surface area contributed by atoms with E-state index in [-0.39, 0.29) is 6.29 Å². The molecule has 96 valence electrons. The lowest BCUT2D eigenvalue weighted by atomic mass is 10.3. The first-order chi connectivity index (χ1) is 8.30. The first kappa shape index (κ1) is 13.8. The minimum Gasteiger partial charge on any atom is -0.497 e. The van der Waals surface area contributed by atoms with Crippen LogP contribution in [-0.4, -0.2) is 33.2 Å². The van der Waals surface area contributed by atoms with Crippen LogP contribution < -0.4 is 10.1 Å². The molecule has 4 nitrogen and oxygen atoms in total. The Labute approximate surface area is 103 Å². The summed E-state index contributed by atoms with van der Waals surface area (Å²) in [6.07, 6.45) is -0.212. The lowest BCUT2D eigenvalue weighted by molar-refractivity contribution is -0.126. The summed E-state index contributed by atoms with van der Waals surface area (Å²) in [7, 11) is 1.66. The monoisotopic (exact) mass is 239 g/mol. The van der Waals surface area contributed by atoms with E-state index in [2.05, 4.69) is 5.32 Å². The van der Waals surface area contributed by atoms with Crippen LogP contribution in [0.25, 0.3) is 0 Å². The summed E-state index contributed by atoms with van der Waals surface area (Å²) in [6, 6.07) is 7.78. The van der Waals surface area contributed by atoms with Gasteiger partial charge in [-0.05, 0) is 26.0 Å². The van der Waals surface area contributed by atoms with E-state index < -0.39 is 0 Å². The predicted molar refractivity (Wildman–Crippen MR) is 68.5 cm³/mol. The predicted octanol–water partition coefficient (Wildman–Crippen LogP) is 2.51. The minimum absolute atomic E-state index is 0.212. The third kappa shape index (κ3) is 5.06. The first-order valence-corrected chi connectivity index (χ1v) is 5.91. The highest BCUT2D eigenvalue weighted by Gasteiger charge is 2.07. The fourth-order valence-corrected chi connectivity index (χ4v) is 1.47. The molecule has 0 aliphatic rings. The van der Waals surface area contributed by atoms with Gasteiger partial charge in [0.15, 0.2) is 6.29 Å². The lowest BCUT2D eigenvalue weighted by Crippen LogP contribution is -2.26. The van der Waals surface area contributed by atoms with Crippen LogP contribution in [-0.2, 0) is 9.47 Å². The van der Waals surface area contributed by atoms with Crippen LogP contribution in [0.1, 0.15) is 13.8 Å². The number of anilines is 1. The molecule has 1 aromatic carbocycles. The van der Waals surface area contributed by atoms with Crippen LogP contribution in [0.5, 0.6) is 5.75 Å². The summed E-state index contributed by atoms with van der Waals surface area (Å²) >= 11 is 0. The highest BCUT2D eigenvalue weighted by molar-refractivity contribution is 5.48. The SMILES string of the molecule is CCOC(CNc1cccc(OC)c1)OCC. The Balaban J connectivity index is 2.46. The van der Waals surface area contributed by atoms with Gasteiger partial charge in [0, 0.05) is 25.0 Å². The van der Waals surface area contributed by atoms with E-state index in [9.17, 15) is 0 Å². The summed E-state index contributed by atoms with van der Waals surface area (Å²) in [5.74, 6) is 0.833. The van der Waals surface area contributed by atoms with Crippen molar-refractivity contribution in [2.75, 3.05) is 32.2 Å². The van der Waals surface area contributed by atoms with Gasteiger partial charge in [0.2, 0.25) is 0 Å². The van der Waals surface area contributed by atoms with Crippen molar-refractivity contribution in [1.82, 2.24) is 0 Å². The largest absolute Gasteiger partial charge is 0.497 e. The lowest BCUT2D eigenvalue weighted by Gasteiger charge is -2.18. The Morgan fingerprint density at radius 2 is 1.88 bits per heavy atom. The second-order valence-corrected chi connectivity index (χ2v) is 3.45. The van der Waals surface area contributed by atoms with Gasteiger partial charge in [0.05, 0.1) is 13.7 Å². The molecule has 4 heteroatoms. The molecule has 0 fully saturated rings. The topological polar surface area (TPSA) is 39.7 Å². The summed E-state index contributed by atoms with van der Waals surface area (Å²) in [5.41, 5.74) is 0.994. The van der Waals surface area contributed by atoms with E-state index in [0.29, 0.717) is 19.8 Å². The van der Waals surface area contributed by atoms with Gasteiger partial charge in [-0.25, -0.2) is 0 Å². The zero-order valence-electron chi connectivity index (χ0n) is 10.7. The molecule has 0 saturated heterocycles. The van der Waals surface area contributed by atoms with Crippen molar-refractivity contribution in [3.63, 3.8) is 0 Å². The Kier molecular flexibility index (Phi) is 6.43. The Hall–Kier alpha value is -1.26. The summed E-state index contributed by atoms with van der Waals surface area (Å²) in [5, 5.41) is 3.26. The van der Waals surface area contributed by atoms with Crippen molar-refractivity contribution in [1.29, 1.82) is 0 Å². The molecule has 17 heavy (non-hydrogen) atoms. The molecule has 0 saturated carbocycles. The molecule has 0 bridgehead atoms. The average molecular weight is 239 g/mol. The quantitative estimate of drug-likeness (QED) is 0.708. The van der Waals surface area contributed by atoms with E-state index >= 15 is 0 Å². The zero-order chi connectivity index (χ0) is 12.5. The van der Waals surface area contributed by atoms with E-state index in [1.165, 1.54) is 0 Å². The van der Waals surface area contributed by atoms with Crippen LogP contribution in [0.15, 0.2) is 24.3 Å². The highest BCUT2D eigenvalue weighted by Crippen LogP contribution is 2.16. The number of benzene rings is 1. The van der Waals surface area contributed by atoms with Crippen molar-refractivity contribution in [2.24, 2.45) is 0 Å². The maximum absolute atomic E-state index is 5.44. The fraction of sp³-hybridized carbons (Fsp3) is 0.538. The van der Waals surface area contributed by atoms with Crippen molar-refractivity contribution in [2.45, 2.75) is 20.1 Å². The van der Waals surface area contributed by atoms with Gasteiger partial charge in [-0.1, -0.05) is 6.07 Å². The van der Waals surface area contributed by atoms with Gasteiger partial charge >= 0.3 is 0 Å². The van der Waals surface area contributed by atoms with Crippen LogP contribution in [0.3, 0.4) is 0 Å². The standard InChI is InChI=1S/C13H21NO3/c1-4-16-13(17-5-2)10-14-11-7-6-8-12(9-11)15-3/h6-9,13-14H,4-5,10H2,1-3H3. The summed E-state index contributed by atoms with van der Waals surface area (Å²) < 4.78 is 16.0. The maximum Gasteiger partial charge on any atom is 0.174 e. The average Bonchev–Trinajstić information content (AvgIpc) is 2.37. The number of hydrogen-bond acceptors (Lipinski definition) is 4. The number of ether oxygens (including phenoxy) is 3. The molecule has 0 atom stereocenters. The molecule has 0 aromatic heterocycles. The molecular formula is C13H21NO3. The van der Waals surface area contributed by atoms with Gasteiger partial charge in [-0.2, -0.15) is 0 Å². The molecule has 1 rings (SSSR count). The number of hydrogen-bond donors (Lipinski definition) is 1. The minimum atomic E-state index is -0.212. The van der Waals surface area contributed by atoms with Crippen LogP contribution in [0, 0.1) is 0 Å². The van der Waals surface area contributed by atoms with Gasteiger partial charge in [0.25, 0.3) is 0 Å². The second kappa shape index (κ2) is 7.92. The van der Waals surface area contributed by atoms with Crippen LogP contribution in [0.2, 0.25) is 0 Å². The van der Waals surface area contributed by atoms with Crippen molar-refractivity contribution in [3.05, 3.63) is 24.3 Å². The molecule has 0 amide bonds. The fourth-order valence-electron chi connectivity index (χ4n) is 1.47. The Morgan fingerprint density at radius 3 is 2.47 bits per heavy atom. The smallest absolute Gasteiger partial charge is 0.174 e. The van der Waals surface area contributed by atoms with Gasteiger partial charge in [0.1, 0.15) is 5.75 Å². The van der Waals surface area contributed by atoms with Crippen molar-refractivity contribution >= 4 is 5.69 Å². The molecule has 0 heterocycles. The van der Waals surface area contributed by atoms with Crippen LogP contribution in [0.4, 0.5) is 5.69 Å². The molecule has 0 aliphatic heterocycles. The summed E-state index contributed by atoms with van der Waals surface area (Å²) in [6.45, 7) is 5.82. The van der Waals surface area contributed by atoms with Crippen molar-refractivity contribution in [3.8, 4) is 5.75 Å². The maximum atomic E-state index is 5.44. The molecule has 0 spiro atoms. The molecule has 0 unspecified atom stereocenters. The second-order valence-electron chi connectivity index (χ2n) is 3.45. The zero-order valence-corrected chi connectivity index (χ0v) is 10.7. The molecular weight excluding hydrogens is 218 g/mol. The van der Waals surface area contributed by atoms with E-state index in [0.717, 1.165) is 11.4 Å². The van der Waals surface area contributed by atoms with Gasteiger partial charge < -0.3 is 19.5 Å². The van der Waals surface area contributed by atoms with Gasteiger partial charge in [-0.3, -0.25) is 0 Å². The third-order valence-corrected chi connectivity index (χ3v) is 2.25. The molecule has 1 aromatic rings. The van der Waals surface area contributed by atoms with Crippen molar-refractivity contribution < 1.29 is 14.2 Å². The van der Waals surface area contributed by atoms with E-state index in [4.69, 9.17) is 14.2 Å². The van der Waals surface area contributed by atoms with Gasteiger partial charge in [-0.15, -0.1) is 0 Å². The molecule has 0 radical (unpaired) electrons. The normalized spacial score (nSPS) is 10.6. The number of methoxy groups -OCH3 is 1. The Morgan fingerprint density at radius 1 is 1.18 bits per heavy atom. The first-order valence-electron chi connectivity index (χ1n) is 5.91.